The highest BCUT2D eigenvalue weighted by atomic mass is 16.5. The summed E-state index contributed by atoms with van der Waals surface area (Å²) in [4.78, 5) is 17.4. The van der Waals surface area contributed by atoms with Gasteiger partial charge in [-0.05, 0) is 43.2 Å². The van der Waals surface area contributed by atoms with E-state index in [4.69, 9.17) is 4.74 Å². The van der Waals surface area contributed by atoms with Gasteiger partial charge >= 0.3 is 6.03 Å². The Hall–Kier alpha value is -1.75. The van der Waals surface area contributed by atoms with Gasteiger partial charge in [-0.1, -0.05) is 26.0 Å². The van der Waals surface area contributed by atoms with Gasteiger partial charge in [0.2, 0.25) is 0 Å². The van der Waals surface area contributed by atoms with E-state index in [1.807, 2.05) is 29.2 Å². The van der Waals surface area contributed by atoms with Crippen LogP contribution in [-0.2, 0) is 0 Å². The number of urea groups is 1. The Morgan fingerprint density at radius 3 is 2.72 bits per heavy atom. The van der Waals surface area contributed by atoms with E-state index < -0.39 is 0 Å². The molecule has 0 bridgehead atoms. The van der Waals surface area contributed by atoms with Gasteiger partial charge in [0.05, 0.1) is 12.8 Å². The minimum absolute atomic E-state index is 0.0246. The van der Waals surface area contributed by atoms with Gasteiger partial charge in [0.25, 0.3) is 0 Å². The summed E-state index contributed by atoms with van der Waals surface area (Å²) in [5, 5.41) is 3.03. The van der Waals surface area contributed by atoms with E-state index in [0.29, 0.717) is 17.7 Å². The molecule has 5 heteroatoms. The van der Waals surface area contributed by atoms with Crippen LogP contribution >= 0.6 is 0 Å². The number of ether oxygens (including phenoxy) is 1. The van der Waals surface area contributed by atoms with Crippen LogP contribution in [0.1, 0.15) is 33.1 Å². The fourth-order valence-electron chi connectivity index (χ4n) is 3.68. The second-order valence-electron chi connectivity index (χ2n) is 7.68. The van der Waals surface area contributed by atoms with Gasteiger partial charge in [-0.2, -0.15) is 0 Å². The molecular formula is C20H31N3O2. The molecule has 0 spiro atoms. The smallest absolute Gasteiger partial charge is 0.322 e. The molecule has 25 heavy (non-hydrogen) atoms. The maximum atomic E-state index is 12.8. The number of anilines is 1. The normalized spacial score (nSPS) is 21.9. The minimum atomic E-state index is -0.0246. The topological polar surface area (TPSA) is 44.8 Å². The number of hydrogen-bond acceptors (Lipinski definition) is 3. The lowest BCUT2D eigenvalue weighted by Gasteiger charge is -2.34. The molecule has 0 aromatic heterocycles. The summed E-state index contributed by atoms with van der Waals surface area (Å²) in [5.41, 5.74) is 0.732. The Labute approximate surface area is 151 Å². The molecule has 1 aliphatic carbocycles. The van der Waals surface area contributed by atoms with Crippen LogP contribution in [0.4, 0.5) is 10.5 Å². The molecule has 1 saturated carbocycles. The molecule has 5 nitrogen and oxygen atoms in total. The molecule has 1 N–H and O–H groups in total. The lowest BCUT2D eigenvalue weighted by Crippen LogP contribution is -2.47. The first-order valence-electron chi connectivity index (χ1n) is 9.51. The maximum absolute atomic E-state index is 12.8. The van der Waals surface area contributed by atoms with E-state index >= 15 is 0 Å². The Morgan fingerprint density at radius 2 is 2.04 bits per heavy atom. The van der Waals surface area contributed by atoms with Crippen molar-refractivity contribution in [1.29, 1.82) is 0 Å². The van der Waals surface area contributed by atoms with Crippen LogP contribution in [-0.4, -0.2) is 55.2 Å². The molecule has 0 radical (unpaired) electrons. The van der Waals surface area contributed by atoms with Crippen molar-refractivity contribution in [3.8, 4) is 5.75 Å². The number of methoxy groups -OCH3 is 1. The SMILES string of the molecule is COc1ccccc1NC(=O)N1CCCN(CC2CC2)[C@@H](C(C)C)C1. The molecule has 138 valence electrons. The second kappa shape index (κ2) is 8.09. The van der Waals surface area contributed by atoms with Crippen LogP contribution in [0.15, 0.2) is 24.3 Å². The molecule has 2 aliphatic rings. The highest BCUT2D eigenvalue weighted by Gasteiger charge is 2.33. The number of carbonyl (C=O) groups is 1. The summed E-state index contributed by atoms with van der Waals surface area (Å²) in [5.74, 6) is 2.12. The Kier molecular flexibility index (Phi) is 5.84. The van der Waals surface area contributed by atoms with Crippen LogP contribution in [0, 0.1) is 11.8 Å². The highest BCUT2D eigenvalue weighted by molar-refractivity contribution is 5.91. The quantitative estimate of drug-likeness (QED) is 0.885. The molecule has 2 fully saturated rings. The van der Waals surface area contributed by atoms with E-state index in [-0.39, 0.29) is 6.03 Å². The first kappa shape index (κ1) is 18.1. The van der Waals surface area contributed by atoms with Crippen molar-refractivity contribution in [1.82, 2.24) is 9.80 Å². The Morgan fingerprint density at radius 1 is 1.28 bits per heavy atom. The average molecular weight is 345 g/mol. The summed E-state index contributed by atoms with van der Waals surface area (Å²) in [6.45, 7) is 8.44. The van der Waals surface area contributed by atoms with Crippen LogP contribution in [0.3, 0.4) is 0 Å². The van der Waals surface area contributed by atoms with Crippen molar-refractivity contribution in [3.05, 3.63) is 24.3 Å². The first-order valence-corrected chi connectivity index (χ1v) is 9.51. The third-order valence-corrected chi connectivity index (χ3v) is 5.34. The fourth-order valence-corrected chi connectivity index (χ4v) is 3.68. The molecule has 1 aliphatic heterocycles. The summed E-state index contributed by atoms with van der Waals surface area (Å²) < 4.78 is 5.34. The van der Waals surface area contributed by atoms with Crippen molar-refractivity contribution >= 4 is 11.7 Å². The van der Waals surface area contributed by atoms with E-state index in [2.05, 4.69) is 24.1 Å². The number of para-hydroxylation sites is 2. The number of amides is 2. The van der Waals surface area contributed by atoms with Gasteiger partial charge < -0.3 is 15.0 Å². The predicted molar refractivity (Wildman–Crippen MR) is 101 cm³/mol. The van der Waals surface area contributed by atoms with Crippen molar-refractivity contribution < 1.29 is 9.53 Å². The van der Waals surface area contributed by atoms with E-state index in [1.165, 1.54) is 19.4 Å². The molecule has 1 saturated heterocycles. The summed E-state index contributed by atoms with van der Waals surface area (Å²) >= 11 is 0. The number of nitrogens with zero attached hydrogens (tertiary/aromatic N) is 2. The Bertz CT molecular complexity index is 586. The monoisotopic (exact) mass is 345 g/mol. The molecule has 0 unspecified atom stereocenters. The van der Waals surface area contributed by atoms with E-state index in [1.54, 1.807) is 7.11 Å². The van der Waals surface area contributed by atoms with Crippen LogP contribution in [0.2, 0.25) is 0 Å². The zero-order valence-electron chi connectivity index (χ0n) is 15.7. The summed E-state index contributed by atoms with van der Waals surface area (Å²) in [6, 6.07) is 7.98. The molecule has 1 heterocycles. The maximum Gasteiger partial charge on any atom is 0.322 e. The number of nitrogens with one attached hydrogen (secondary N) is 1. The van der Waals surface area contributed by atoms with Crippen molar-refractivity contribution in [2.45, 2.75) is 39.2 Å². The lowest BCUT2D eigenvalue weighted by molar-refractivity contribution is 0.140. The van der Waals surface area contributed by atoms with Gasteiger partial charge in [0.15, 0.2) is 0 Å². The standard InChI is InChI=1S/C20H31N3O2/c1-15(2)18-14-23(12-6-11-22(18)13-16-9-10-16)20(24)21-17-7-4-5-8-19(17)25-3/h4-5,7-8,15-16,18H,6,9-14H2,1-3H3,(H,21,24)/t18-/m1/s1. The molecule has 1 atom stereocenters. The number of benzene rings is 1. The summed E-state index contributed by atoms with van der Waals surface area (Å²) in [6.07, 6.45) is 3.79. The van der Waals surface area contributed by atoms with Gasteiger partial charge in [0, 0.05) is 32.2 Å². The molecule has 3 rings (SSSR count). The van der Waals surface area contributed by atoms with Gasteiger partial charge in [0.1, 0.15) is 5.75 Å². The highest BCUT2D eigenvalue weighted by Crippen LogP contribution is 2.32. The molecular weight excluding hydrogens is 314 g/mol. The molecule has 1 aromatic rings. The van der Waals surface area contributed by atoms with Gasteiger partial charge in [-0.15, -0.1) is 0 Å². The molecule has 1 aromatic carbocycles. The molecule has 2 amide bonds. The number of hydrogen-bond donors (Lipinski definition) is 1. The van der Waals surface area contributed by atoms with Crippen molar-refractivity contribution in [3.63, 3.8) is 0 Å². The zero-order valence-corrected chi connectivity index (χ0v) is 15.7. The van der Waals surface area contributed by atoms with Crippen LogP contribution < -0.4 is 10.1 Å². The largest absolute Gasteiger partial charge is 0.495 e. The number of rotatable bonds is 5. The first-order chi connectivity index (χ1) is 12.1. The van der Waals surface area contributed by atoms with E-state index in [0.717, 1.165) is 37.7 Å². The number of carbonyl (C=O) groups excluding carboxylic acids is 1. The third-order valence-electron chi connectivity index (χ3n) is 5.34. The Balaban J connectivity index is 1.67. The zero-order chi connectivity index (χ0) is 17.8. The van der Waals surface area contributed by atoms with Gasteiger partial charge in [-0.25, -0.2) is 4.79 Å². The average Bonchev–Trinajstić information content (AvgIpc) is 3.42. The fraction of sp³-hybridized carbons (Fsp3) is 0.650. The van der Waals surface area contributed by atoms with Crippen LogP contribution in [0.25, 0.3) is 0 Å². The third kappa shape index (κ3) is 4.66. The summed E-state index contributed by atoms with van der Waals surface area (Å²) in [7, 11) is 1.63. The lowest BCUT2D eigenvalue weighted by atomic mass is 10.0. The second-order valence-corrected chi connectivity index (χ2v) is 7.68. The van der Waals surface area contributed by atoms with Crippen molar-refractivity contribution in [2.75, 3.05) is 38.6 Å². The van der Waals surface area contributed by atoms with Crippen molar-refractivity contribution in [2.24, 2.45) is 11.8 Å². The predicted octanol–water partition coefficient (Wildman–Crippen LogP) is 3.67. The minimum Gasteiger partial charge on any atom is -0.495 e. The van der Waals surface area contributed by atoms with Gasteiger partial charge in [-0.3, -0.25) is 4.90 Å². The van der Waals surface area contributed by atoms with E-state index in [9.17, 15) is 4.79 Å². The van der Waals surface area contributed by atoms with Crippen LogP contribution in [0.5, 0.6) is 5.75 Å².